The van der Waals surface area contributed by atoms with Crippen molar-refractivity contribution < 1.29 is 58.8 Å². The largest absolute Gasteiger partial charge is 0.508 e. The third kappa shape index (κ3) is 21.8. The van der Waals surface area contributed by atoms with Crippen molar-refractivity contribution in [2.45, 2.75) is 75.8 Å². The second kappa shape index (κ2) is 30.1. The molecule has 4 rings (SSSR count). The average Bonchev–Trinajstić information content (AvgIpc) is 3.29. The number of hydrogen-bond acceptors (Lipinski definition) is 12. The molecular weight excluding hydrogens is 927 g/mol. The van der Waals surface area contributed by atoms with Gasteiger partial charge in [0, 0.05) is 12.8 Å². The minimum Gasteiger partial charge on any atom is -0.508 e. The Morgan fingerprint density at radius 3 is 1.03 bits per heavy atom. The summed E-state index contributed by atoms with van der Waals surface area (Å²) in [5, 5.41) is 51.7. The zero-order chi connectivity index (χ0) is 48.8. The Morgan fingerprint density at radius 1 is 0.441 bits per heavy atom. The van der Waals surface area contributed by atoms with Gasteiger partial charge >= 0.3 is 11.9 Å². The smallest absolute Gasteiger partial charge is 0.326 e. The number of benzene rings is 4. The molecule has 0 aliphatic heterocycles. The molecule has 0 saturated heterocycles. The van der Waals surface area contributed by atoms with Crippen LogP contribution in [0.5, 0.6) is 11.5 Å². The first kappa shape index (κ1) is 58.8. The van der Waals surface area contributed by atoms with Gasteiger partial charge in [-0.2, -0.15) is 0 Å². The van der Waals surface area contributed by atoms with Crippen LogP contribution in [-0.2, 0) is 64.0 Å². The van der Waals surface area contributed by atoms with Crippen molar-refractivity contribution in [1.82, 2.24) is 31.9 Å². The number of carboxylic acid groups (broad SMARTS) is 2. The van der Waals surface area contributed by atoms with Crippen LogP contribution < -0.4 is 43.4 Å². The third-order valence-corrected chi connectivity index (χ3v) is 9.64. The van der Waals surface area contributed by atoms with Crippen LogP contribution in [0.4, 0.5) is 0 Å². The van der Waals surface area contributed by atoms with Crippen LogP contribution in [-0.4, -0.2) is 117 Å². The van der Waals surface area contributed by atoms with Crippen molar-refractivity contribution in [3.05, 3.63) is 131 Å². The van der Waals surface area contributed by atoms with Crippen LogP contribution in [0.1, 0.15) is 36.1 Å². The van der Waals surface area contributed by atoms with Crippen molar-refractivity contribution in [3.8, 4) is 11.5 Å². The van der Waals surface area contributed by atoms with Crippen molar-refractivity contribution in [2.24, 2.45) is 11.5 Å². The number of hydrogen-bond donors (Lipinski definition) is 12. The summed E-state index contributed by atoms with van der Waals surface area (Å²) in [5.41, 5.74) is 14.7. The molecule has 0 saturated carbocycles. The van der Waals surface area contributed by atoms with E-state index < -0.39 is 96.7 Å². The van der Waals surface area contributed by atoms with E-state index in [-0.39, 0.29) is 62.0 Å². The van der Waals surface area contributed by atoms with E-state index in [1.165, 1.54) is 38.1 Å². The van der Waals surface area contributed by atoms with E-state index in [1.807, 2.05) is 0 Å². The van der Waals surface area contributed by atoms with Gasteiger partial charge in [-0.05, 0) is 73.2 Å². The summed E-state index contributed by atoms with van der Waals surface area (Å²) < 4.78 is 0. The van der Waals surface area contributed by atoms with E-state index in [0.29, 0.717) is 0 Å². The number of carbonyl (C=O) groups is 8. The second-order valence-corrected chi connectivity index (χ2v) is 15.1. The molecule has 0 fully saturated rings. The molecule has 68 heavy (non-hydrogen) atoms. The lowest BCUT2D eigenvalue weighted by Crippen LogP contribution is -2.52. The number of carboxylic acids is 2. The number of carbonyl (C=O) groups excluding carboxylic acids is 6. The molecule has 22 heteroatoms. The number of aliphatic carboxylic acids is 2. The predicted molar refractivity (Wildman–Crippen MR) is 255 cm³/mol. The van der Waals surface area contributed by atoms with Crippen LogP contribution in [0.25, 0.3) is 0 Å². The number of phenols is 2. The lowest BCUT2D eigenvalue weighted by molar-refractivity contribution is -0.142. The quantitative estimate of drug-likeness (QED) is 0.0502. The normalized spacial score (nSPS) is 12.9. The zero-order valence-corrected chi connectivity index (χ0v) is 38.8. The lowest BCUT2D eigenvalue weighted by atomic mass is 10.1. The fourth-order valence-electron chi connectivity index (χ4n) is 5.96. The maximum absolute atomic E-state index is 12.3. The van der Waals surface area contributed by atoms with Crippen LogP contribution in [0.3, 0.4) is 0 Å². The van der Waals surface area contributed by atoms with E-state index in [0.717, 1.165) is 22.3 Å². The van der Waals surface area contributed by atoms with Gasteiger partial charge < -0.3 is 63.8 Å². The van der Waals surface area contributed by atoms with Gasteiger partial charge in [0.1, 0.15) is 35.7 Å². The fraction of sp³-hybridized carbons (Fsp3) is 0.304. The Bertz CT molecular complexity index is 2100. The lowest BCUT2D eigenvalue weighted by Gasteiger charge is -2.18. The van der Waals surface area contributed by atoms with Gasteiger partial charge in [0.05, 0.1) is 25.2 Å². The molecular formula is C46H58Cl2N8O12. The van der Waals surface area contributed by atoms with E-state index in [1.54, 1.807) is 84.9 Å². The Kier molecular flexibility index (Phi) is 26.0. The number of amides is 6. The van der Waals surface area contributed by atoms with E-state index >= 15 is 0 Å². The van der Waals surface area contributed by atoms with Crippen molar-refractivity contribution in [1.29, 1.82) is 0 Å². The summed E-state index contributed by atoms with van der Waals surface area (Å²) >= 11 is 0. The van der Waals surface area contributed by atoms with Gasteiger partial charge in [-0.25, -0.2) is 9.59 Å². The minimum atomic E-state index is -1.19. The molecule has 4 aromatic carbocycles. The first-order valence-electron chi connectivity index (χ1n) is 20.7. The summed E-state index contributed by atoms with van der Waals surface area (Å²) in [5.74, 6) is -5.88. The molecule has 368 valence electrons. The molecule has 0 radical (unpaired) electrons. The number of halogens is 2. The van der Waals surface area contributed by atoms with Gasteiger partial charge in [0.25, 0.3) is 0 Å². The number of aromatic hydroxyl groups is 2. The highest BCUT2D eigenvalue weighted by atomic mass is 35.5. The molecule has 14 N–H and O–H groups in total. The molecule has 0 unspecified atom stereocenters. The van der Waals surface area contributed by atoms with Gasteiger partial charge in [-0.3, -0.25) is 28.8 Å². The average molecular weight is 986 g/mol. The van der Waals surface area contributed by atoms with Crippen molar-refractivity contribution in [3.63, 3.8) is 0 Å². The second-order valence-electron chi connectivity index (χ2n) is 15.1. The molecule has 6 amide bonds. The number of nitrogens with one attached hydrogen (secondary N) is 6. The molecule has 0 heterocycles. The van der Waals surface area contributed by atoms with Gasteiger partial charge in [0.15, 0.2) is 0 Å². The summed E-state index contributed by atoms with van der Waals surface area (Å²) in [6.45, 7) is 1.98. The number of rotatable bonds is 22. The summed E-state index contributed by atoms with van der Waals surface area (Å²) in [6, 6.07) is 24.1. The van der Waals surface area contributed by atoms with Crippen molar-refractivity contribution >= 4 is 72.2 Å². The molecule has 20 nitrogen and oxygen atoms in total. The summed E-state index contributed by atoms with van der Waals surface area (Å²) in [6.07, 6.45) is 0.615. The number of phenolic OH excluding ortho intramolecular Hbond substituents is 2. The predicted octanol–water partition coefficient (Wildman–Crippen LogP) is 0.234. The SMILES string of the molecule is C[C@@H](NC(=O)[C@@H](N)Cc1ccc(O)cc1)C(=O)NCC(=O)N[C@@H](Cc1ccccc1)C(=O)O.C[C@@H](NC(=O)[C@@H](N)Cc1ccc(O)cc1)C(=O)NCC(=O)N[C@@H](Cc1ccccc1)C(=O)O.Cl.Cl. The van der Waals surface area contributed by atoms with E-state index in [2.05, 4.69) is 31.9 Å². The third-order valence-electron chi connectivity index (χ3n) is 9.64. The highest BCUT2D eigenvalue weighted by molar-refractivity contribution is 5.93. The molecule has 0 aromatic heterocycles. The Labute approximate surface area is 404 Å². The maximum Gasteiger partial charge on any atom is 0.326 e. The first-order chi connectivity index (χ1) is 31.3. The zero-order valence-electron chi connectivity index (χ0n) is 37.1. The molecule has 0 bridgehead atoms. The fourth-order valence-corrected chi connectivity index (χ4v) is 5.96. The Hall–Kier alpha value is -7.26. The first-order valence-corrected chi connectivity index (χ1v) is 20.7. The molecule has 0 spiro atoms. The topological polar surface area (TPSA) is 342 Å². The summed E-state index contributed by atoms with van der Waals surface area (Å²) in [7, 11) is 0. The molecule has 0 aliphatic rings. The highest BCUT2D eigenvalue weighted by Gasteiger charge is 2.25. The maximum atomic E-state index is 12.3. The van der Waals surface area contributed by atoms with Gasteiger partial charge in [0.2, 0.25) is 35.4 Å². The standard InChI is InChI=1S/2C23H28N4O6.2ClH/c2*1-14(26-22(31)18(24)11-16-7-9-17(28)10-8-16)21(30)25-13-20(29)27-19(23(32)33)12-15-5-3-2-4-6-15;;/h2*2-10,14,18-19,28H,11-13,24H2,1H3,(H,25,30)(H,26,31)(H,27,29)(H,32,33);2*1H/t2*14-,18+,19+;;/m11../s1. The van der Waals surface area contributed by atoms with Gasteiger partial charge in [-0.15, -0.1) is 24.8 Å². The molecule has 4 aromatic rings. The van der Waals surface area contributed by atoms with Crippen molar-refractivity contribution in [2.75, 3.05) is 13.1 Å². The molecule has 0 aliphatic carbocycles. The van der Waals surface area contributed by atoms with Crippen LogP contribution in [0.2, 0.25) is 0 Å². The Morgan fingerprint density at radius 2 is 0.735 bits per heavy atom. The Balaban J connectivity index is 0.000000661. The van der Waals surface area contributed by atoms with Crippen LogP contribution in [0, 0.1) is 0 Å². The van der Waals surface area contributed by atoms with Gasteiger partial charge in [-0.1, -0.05) is 84.9 Å². The number of nitrogens with two attached hydrogens (primary N) is 2. The van der Waals surface area contributed by atoms with E-state index in [9.17, 15) is 58.8 Å². The molecule has 6 atom stereocenters. The minimum absolute atomic E-state index is 0. The monoisotopic (exact) mass is 984 g/mol. The van der Waals surface area contributed by atoms with Crippen LogP contribution >= 0.6 is 24.8 Å². The van der Waals surface area contributed by atoms with E-state index in [4.69, 9.17) is 11.5 Å². The summed E-state index contributed by atoms with van der Waals surface area (Å²) in [4.78, 5) is 96.1. The highest BCUT2D eigenvalue weighted by Crippen LogP contribution is 2.12. The van der Waals surface area contributed by atoms with Crippen LogP contribution in [0.15, 0.2) is 109 Å².